The predicted octanol–water partition coefficient (Wildman–Crippen LogP) is 3.74. The van der Waals surface area contributed by atoms with Crippen LogP contribution in [0, 0.1) is 11.8 Å². The summed E-state index contributed by atoms with van der Waals surface area (Å²) in [5, 5.41) is 0.425. The number of esters is 1. The summed E-state index contributed by atoms with van der Waals surface area (Å²) in [6.07, 6.45) is 1.85. The van der Waals surface area contributed by atoms with E-state index in [1.165, 1.54) is 20.1 Å². The van der Waals surface area contributed by atoms with Crippen molar-refractivity contribution in [3.63, 3.8) is 0 Å². The smallest absolute Gasteiger partial charge is 0.305 e. The number of amides is 1. The summed E-state index contributed by atoms with van der Waals surface area (Å²) in [5.74, 6) is 5.48. The number of sulfonamides is 1. The highest BCUT2D eigenvalue weighted by Crippen LogP contribution is 2.31. The molecule has 32 heavy (non-hydrogen) atoms. The number of fused-ring (bicyclic) bond motifs is 1. The first-order valence-corrected chi connectivity index (χ1v) is 11.9. The first-order valence-electron chi connectivity index (χ1n) is 10.0. The van der Waals surface area contributed by atoms with Crippen LogP contribution >= 0.6 is 11.6 Å². The van der Waals surface area contributed by atoms with Gasteiger partial charge in [-0.25, -0.2) is 8.42 Å². The molecule has 0 saturated heterocycles. The van der Waals surface area contributed by atoms with Gasteiger partial charge in [0.1, 0.15) is 0 Å². The molecule has 9 heteroatoms. The molecule has 0 saturated carbocycles. The van der Waals surface area contributed by atoms with Crippen LogP contribution in [-0.2, 0) is 30.8 Å². The number of carbonyl (C=O) groups is 2. The highest BCUT2D eigenvalue weighted by Gasteiger charge is 2.25. The van der Waals surface area contributed by atoms with Crippen LogP contribution in [0.5, 0.6) is 0 Å². The van der Waals surface area contributed by atoms with Gasteiger partial charge in [0.2, 0.25) is 5.91 Å². The van der Waals surface area contributed by atoms with Gasteiger partial charge in [-0.05, 0) is 54.8 Å². The molecule has 0 fully saturated rings. The van der Waals surface area contributed by atoms with E-state index in [0.717, 1.165) is 11.3 Å². The number of nitrogens with zero attached hydrogens (tertiary/aromatic N) is 1. The Morgan fingerprint density at radius 3 is 2.72 bits per heavy atom. The van der Waals surface area contributed by atoms with E-state index in [1.54, 1.807) is 35.2 Å². The Morgan fingerprint density at radius 2 is 2.00 bits per heavy atom. The fourth-order valence-corrected chi connectivity index (χ4v) is 4.67. The fourth-order valence-electron chi connectivity index (χ4n) is 3.37. The van der Waals surface area contributed by atoms with Crippen molar-refractivity contribution in [1.29, 1.82) is 0 Å². The third-order valence-electron chi connectivity index (χ3n) is 5.00. The quantitative estimate of drug-likeness (QED) is 0.391. The van der Waals surface area contributed by atoms with Gasteiger partial charge in [0.25, 0.3) is 10.0 Å². The van der Waals surface area contributed by atoms with Crippen LogP contribution < -0.4 is 9.62 Å². The molecular weight excluding hydrogens is 452 g/mol. The monoisotopic (exact) mass is 474 g/mol. The molecule has 1 heterocycles. The Balaban J connectivity index is 1.80. The molecule has 1 aliphatic heterocycles. The number of benzene rings is 2. The Kier molecular flexibility index (Phi) is 7.44. The van der Waals surface area contributed by atoms with Crippen molar-refractivity contribution >= 4 is 44.9 Å². The van der Waals surface area contributed by atoms with E-state index in [1.807, 2.05) is 0 Å². The van der Waals surface area contributed by atoms with E-state index in [4.69, 9.17) is 11.6 Å². The molecule has 0 aliphatic carbocycles. The van der Waals surface area contributed by atoms with Crippen molar-refractivity contribution in [3.05, 3.63) is 52.5 Å². The Morgan fingerprint density at radius 1 is 1.22 bits per heavy atom. The molecule has 0 atom stereocenters. The van der Waals surface area contributed by atoms with Crippen molar-refractivity contribution in [2.45, 2.75) is 37.5 Å². The van der Waals surface area contributed by atoms with Crippen molar-refractivity contribution < 1.29 is 22.7 Å². The van der Waals surface area contributed by atoms with Gasteiger partial charge >= 0.3 is 5.97 Å². The van der Waals surface area contributed by atoms with E-state index >= 15 is 0 Å². The Bertz CT molecular complexity index is 1210. The van der Waals surface area contributed by atoms with E-state index in [-0.39, 0.29) is 23.2 Å². The van der Waals surface area contributed by atoms with Gasteiger partial charge in [0, 0.05) is 37.0 Å². The summed E-state index contributed by atoms with van der Waals surface area (Å²) in [7, 11) is -2.55. The molecule has 2 aromatic carbocycles. The number of hydrogen-bond acceptors (Lipinski definition) is 5. The molecule has 2 aromatic rings. The lowest BCUT2D eigenvalue weighted by Gasteiger charge is -2.15. The summed E-state index contributed by atoms with van der Waals surface area (Å²) in [6.45, 7) is 2.02. The second kappa shape index (κ2) is 10.1. The van der Waals surface area contributed by atoms with Crippen LogP contribution in [-0.4, -0.2) is 33.9 Å². The number of carbonyl (C=O) groups excluding carboxylic acids is 2. The molecule has 7 nitrogen and oxygen atoms in total. The lowest BCUT2D eigenvalue weighted by Crippen LogP contribution is -2.25. The maximum atomic E-state index is 13.0. The number of hydrogen-bond donors (Lipinski definition) is 1. The number of unbranched alkanes of at least 4 members (excludes halogenated alkanes) is 1. The molecule has 1 N–H and O–H groups in total. The molecule has 3 rings (SSSR count). The van der Waals surface area contributed by atoms with E-state index in [2.05, 4.69) is 21.3 Å². The van der Waals surface area contributed by atoms with Gasteiger partial charge in [-0.15, -0.1) is 0 Å². The van der Waals surface area contributed by atoms with Crippen LogP contribution in [0.1, 0.15) is 37.3 Å². The Hall–Kier alpha value is -3.02. The van der Waals surface area contributed by atoms with Gasteiger partial charge in [-0.2, -0.15) is 0 Å². The average Bonchev–Trinajstić information content (AvgIpc) is 3.18. The predicted molar refractivity (Wildman–Crippen MR) is 123 cm³/mol. The third-order valence-corrected chi connectivity index (χ3v) is 6.59. The van der Waals surface area contributed by atoms with Gasteiger partial charge < -0.3 is 9.64 Å². The van der Waals surface area contributed by atoms with Crippen LogP contribution in [0.15, 0.2) is 41.3 Å². The van der Waals surface area contributed by atoms with Crippen molar-refractivity contribution in [1.82, 2.24) is 0 Å². The average molecular weight is 475 g/mol. The van der Waals surface area contributed by atoms with Crippen LogP contribution in [0.4, 0.5) is 11.4 Å². The van der Waals surface area contributed by atoms with Gasteiger partial charge in [-0.1, -0.05) is 23.4 Å². The van der Waals surface area contributed by atoms with Crippen molar-refractivity contribution in [3.8, 4) is 11.8 Å². The highest BCUT2D eigenvalue weighted by molar-refractivity contribution is 7.92. The molecule has 0 radical (unpaired) electrons. The minimum absolute atomic E-state index is 0.0755. The first kappa shape index (κ1) is 23.6. The lowest BCUT2D eigenvalue weighted by molar-refractivity contribution is -0.140. The molecule has 168 valence electrons. The van der Waals surface area contributed by atoms with E-state index in [9.17, 15) is 18.0 Å². The molecule has 0 aromatic heterocycles. The molecular formula is C23H23ClN2O5S. The standard InChI is InChI=1S/C23H23ClN2O5S/c1-16(27)26-13-12-18-15-20(9-11-22(18)26)32(29,30)25-21-10-8-19(24)14-17(21)6-4-3-5-7-23(28)31-2/h8-11,14-15,25H,3,5,7,12-13H2,1-2H3. The maximum Gasteiger partial charge on any atom is 0.305 e. The van der Waals surface area contributed by atoms with Crippen LogP contribution in [0.3, 0.4) is 0 Å². The summed E-state index contributed by atoms with van der Waals surface area (Å²) in [6, 6.07) is 9.45. The van der Waals surface area contributed by atoms with Crippen molar-refractivity contribution in [2.75, 3.05) is 23.3 Å². The van der Waals surface area contributed by atoms with E-state index < -0.39 is 10.0 Å². The minimum atomic E-state index is -3.88. The number of anilines is 2. The highest BCUT2D eigenvalue weighted by atomic mass is 35.5. The van der Waals surface area contributed by atoms with Crippen molar-refractivity contribution in [2.24, 2.45) is 0 Å². The first-order chi connectivity index (χ1) is 15.2. The zero-order chi connectivity index (χ0) is 23.3. The largest absolute Gasteiger partial charge is 0.469 e. The summed E-state index contributed by atoms with van der Waals surface area (Å²) >= 11 is 6.07. The fraction of sp³-hybridized carbons (Fsp3) is 0.304. The lowest BCUT2D eigenvalue weighted by atomic mass is 10.1. The number of ether oxygens (including phenoxy) is 1. The minimum Gasteiger partial charge on any atom is -0.469 e. The summed E-state index contributed by atoms with van der Waals surface area (Å²) < 4.78 is 33.2. The Labute approximate surface area is 192 Å². The van der Waals surface area contributed by atoms with Crippen LogP contribution in [0.2, 0.25) is 5.02 Å². The van der Waals surface area contributed by atoms with Gasteiger partial charge in [-0.3, -0.25) is 14.3 Å². The second-order valence-electron chi connectivity index (χ2n) is 7.24. The van der Waals surface area contributed by atoms with E-state index in [0.29, 0.717) is 42.1 Å². The molecule has 1 aliphatic rings. The second-order valence-corrected chi connectivity index (χ2v) is 9.36. The topological polar surface area (TPSA) is 92.8 Å². The zero-order valence-corrected chi connectivity index (χ0v) is 19.3. The molecule has 0 bridgehead atoms. The number of halogens is 1. The molecule has 1 amide bonds. The number of rotatable bonds is 6. The number of methoxy groups -OCH3 is 1. The molecule has 0 spiro atoms. The molecule has 0 unspecified atom stereocenters. The zero-order valence-electron chi connectivity index (χ0n) is 17.8. The van der Waals surface area contributed by atoms with Crippen LogP contribution in [0.25, 0.3) is 0 Å². The van der Waals surface area contributed by atoms with Gasteiger partial charge in [0.05, 0.1) is 23.3 Å². The summed E-state index contributed by atoms with van der Waals surface area (Å²) in [4.78, 5) is 24.6. The SMILES string of the molecule is COC(=O)CCCC#Cc1cc(Cl)ccc1NS(=O)(=O)c1ccc2c(c1)CCN2C(C)=O. The third kappa shape index (κ3) is 5.61. The normalized spacial score (nSPS) is 12.5. The van der Waals surface area contributed by atoms with Gasteiger partial charge in [0.15, 0.2) is 0 Å². The summed E-state index contributed by atoms with van der Waals surface area (Å²) in [5.41, 5.74) is 2.29. The number of nitrogens with one attached hydrogen (secondary N) is 1. The maximum absolute atomic E-state index is 13.0.